The van der Waals surface area contributed by atoms with E-state index in [1.165, 1.54) is 24.1 Å². The number of nitrogens with one attached hydrogen (secondary N) is 1. The van der Waals surface area contributed by atoms with Gasteiger partial charge in [-0.3, -0.25) is 4.98 Å². The summed E-state index contributed by atoms with van der Waals surface area (Å²) in [6, 6.07) is 4.63. The van der Waals surface area contributed by atoms with E-state index in [9.17, 15) is 0 Å². The number of rotatable bonds is 1. The van der Waals surface area contributed by atoms with E-state index in [0.29, 0.717) is 6.04 Å². The molecular weight excluding hydrogens is 148 g/mol. The highest BCUT2D eigenvalue weighted by Crippen LogP contribution is 2.23. The van der Waals surface area contributed by atoms with Crippen LogP contribution in [-0.2, 0) is 0 Å². The highest BCUT2D eigenvalue weighted by Gasteiger charge is 2.18. The fourth-order valence-electron chi connectivity index (χ4n) is 1.78. The molecule has 1 aromatic rings. The van der Waals surface area contributed by atoms with E-state index in [-0.39, 0.29) is 0 Å². The second-order valence-electron chi connectivity index (χ2n) is 3.35. The third kappa shape index (κ3) is 1.34. The van der Waals surface area contributed by atoms with Crippen LogP contribution in [0.5, 0.6) is 0 Å². The largest absolute Gasteiger partial charge is 0.309 e. The Morgan fingerprint density at radius 2 is 2.50 bits per heavy atom. The number of aromatic nitrogens is 1. The quantitative estimate of drug-likeness (QED) is 0.681. The zero-order valence-electron chi connectivity index (χ0n) is 7.38. The van der Waals surface area contributed by atoms with E-state index in [2.05, 4.69) is 23.3 Å². The van der Waals surface area contributed by atoms with Gasteiger partial charge in [0, 0.05) is 12.2 Å². The van der Waals surface area contributed by atoms with Crippen LogP contribution in [0.4, 0.5) is 0 Å². The van der Waals surface area contributed by atoms with E-state index >= 15 is 0 Å². The van der Waals surface area contributed by atoms with Gasteiger partial charge in [-0.15, -0.1) is 0 Å². The summed E-state index contributed by atoms with van der Waals surface area (Å²) >= 11 is 0. The summed E-state index contributed by atoms with van der Waals surface area (Å²) in [6.45, 7) is 3.27. The van der Waals surface area contributed by atoms with Crippen LogP contribution in [0.15, 0.2) is 18.3 Å². The van der Waals surface area contributed by atoms with E-state index in [0.717, 1.165) is 6.54 Å². The van der Waals surface area contributed by atoms with Crippen molar-refractivity contribution in [3.8, 4) is 0 Å². The lowest BCUT2D eigenvalue weighted by molar-refractivity contribution is 0.623. The van der Waals surface area contributed by atoms with Crippen LogP contribution in [0.3, 0.4) is 0 Å². The Morgan fingerprint density at radius 3 is 3.17 bits per heavy atom. The summed E-state index contributed by atoms with van der Waals surface area (Å²) in [5, 5.41) is 3.45. The molecule has 64 valence electrons. The summed E-state index contributed by atoms with van der Waals surface area (Å²) in [7, 11) is 0. The molecule has 2 heteroatoms. The second kappa shape index (κ2) is 3.23. The van der Waals surface area contributed by atoms with E-state index < -0.39 is 0 Å². The van der Waals surface area contributed by atoms with E-state index in [1.807, 2.05) is 12.3 Å². The minimum atomic E-state index is 0.506. The van der Waals surface area contributed by atoms with Crippen molar-refractivity contribution in [2.24, 2.45) is 0 Å². The summed E-state index contributed by atoms with van der Waals surface area (Å²) in [4.78, 5) is 4.40. The lowest BCUT2D eigenvalue weighted by atomic mass is 10.1. The Kier molecular flexibility index (Phi) is 2.09. The molecule has 12 heavy (non-hydrogen) atoms. The fraction of sp³-hybridized carbons (Fsp3) is 0.500. The van der Waals surface area contributed by atoms with Crippen molar-refractivity contribution in [1.29, 1.82) is 0 Å². The SMILES string of the molecule is Cc1cccnc1[C@@H]1CCCN1. The first-order valence-corrected chi connectivity index (χ1v) is 4.53. The molecule has 0 radical (unpaired) electrons. The Hall–Kier alpha value is -0.890. The Balaban J connectivity index is 2.26. The first-order valence-electron chi connectivity index (χ1n) is 4.53. The van der Waals surface area contributed by atoms with Crippen LogP contribution in [0, 0.1) is 6.92 Å². The molecule has 0 spiro atoms. The van der Waals surface area contributed by atoms with Gasteiger partial charge < -0.3 is 5.32 Å². The first-order chi connectivity index (χ1) is 5.88. The monoisotopic (exact) mass is 162 g/mol. The number of hydrogen-bond acceptors (Lipinski definition) is 2. The van der Waals surface area contributed by atoms with Crippen LogP contribution in [0.25, 0.3) is 0 Å². The first kappa shape index (κ1) is 7.74. The number of pyridine rings is 1. The molecule has 0 bridgehead atoms. The molecule has 0 saturated carbocycles. The summed E-state index contributed by atoms with van der Waals surface area (Å²) in [5.74, 6) is 0. The number of hydrogen-bond donors (Lipinski definition) is 1. The van der Waals surface area contributed by atoms with Crippen LogP contribution >= 0.6 is 0 Å². The van der Waals surface area contributed by atoms with Crippen molar-refractivity contribution in [2.75, 3.05) is 6.54 Å². The van der Waals surface area contributed by atoms with Crippen LogP contribution in [0.2, 0.25) is 0 Å². The lowest BCUT2D eigenvalue weighted by Crippen LogP contribution is -2.15. The molecule has 1 saturated heterocycles. The van der Waals surface area contributed by atoms with Crippen molar-refractivity contribution in [3.05, 3.63) is 29.6 Å². The molecule has 1 atom stereocenters. The molecule has 1 N–H and O–H groups in total. The molecule has 1 aromatic heterocycles. The highest BCUT2D eigenvalue weighted by atomic mass is 15.0. The minimum absolute atomic E-state index is 0.506. The topological polar surface area (TPSA) is 24.9 Å². The van der Waals surface area contributed by atoms with Gasteiger partial charge in [0.05, 0.1) is 5.69 Å². The lowest BCUT2D eigenvalue weighted by Gasteiger charge is -2.11. The Labute approximate surface area is 73.0 Å². The molecular formula is C10H14N2. The van der Waals surface area contributed by atoms with Crippen molar-refractivity contribution < 1.29 is 0 Å². The zero-order chi connectivity index (χ0) is 8.39. The van der Waals surface area contributed by atoms with Crippen LogP contribution in [0.1, 0.15) is 30.1 Å². The standard InChI is InChI=1S/C10H14N2/c1-8-4-2-7-12-10(8)9-5-3-6-11-9/h2,4,7,9,11H,3,5-6H2,1H3/t9-/m0/s1. The normalized spacial score (nSPS) is 22.9. The van der Waals surface area contributed by atoms with Gasteiger partial charge in [0.1, 0.15) is 0 Å². The van der Waals surface area contributed by atoms with Gasteiger partial charge in [-0.2, -0.15) is 0 Å². The molecule has 0 aliphatic carbocycles. The molecule has 1 fully saturated rings. The molecule has 0 unspecified atom stereocenters. The fourth-order valence-corrected chi connectivity index (χ4v) is 1.78. The minimum Gasteiger partial charge on any atom is -0.309 e. The van der Waals surface area contributed by atoms with Gasteiger partial charge in [-0.1, -0.05) is 6.07 Å². The molecule has 2 heterocycles. The maximum atomic E-state index is 4.40. The summed E-state index contributed by atoms with van der Waals surface area (Å²) in [5.41, 5.74) is 2.53. The van der Waals surface area contributed by atoms with E-state index in [4.69, 9.17) is 0 Å². The van der Waals surface area contributed by atoms with Gasteiger partial charge >= 0.3 is 0 Å². The van der Waals surface area contributed by atoms with Gasteiger partial charge in [0.2, 0.25) is 0 Å². The molecule has 2 nitrogen and oxygen atoms in total. The van der Waals surface area contributed by atoms with Crippen molar-refractivity contribution in [2.45, 2.75) is 25.8 Å². The maximum absolute atomic E-state index is 4.40. The highest BCUT2D eigenvalue weighted by molar-refractivity contribution is 5.21. The van der Waals surface area contributed by atoms with Crippen molar-refractivity contribution in [3.63, 3.8) is 0 Å². The van der Waals surface area contributed by atoms with Gasteiger partial charge in [0.25, 0.3) is 0 Å². The van der Waals surface area contributed by atoms with Crippen LogP contribution in [-0.4, -0.2) is 11.5 Å². The molecule has 2 rings (SSSR count). The Bertz CT molecular complexity index is 264. The smallest absolute Gasteiger partial charge is 0.0602 e. The third-order valence-corrected chi connectivity index (χ3v) is 2.44. The maximum Gasteiger partial charge on any atom is 0.0602 e. The van der Waals surface area contributed by atoms with Crippen LogP contribution < -0.4 is 5.32 Å². The average molecular weight is 162 g/mol. The predicted octanol–water partition coefficient (Wildman–Crippen LogP) is 1.81. The summed E-state index contributed by atoms with van der Waals surface area (Å²) in [6.07, 6.45) is 4.39. The second-order valence-corrected chi connectivity index (χ2v) is 3.35. The van der Waals surface area contributed by atoms with E-state index in [1.54, 1.807) is 0 Å². The van der Waals surface area contributed by atoms with Gasteiger partial charge in [-0.25, -0.2) is 0 Å². The van der Waals surface area contributed by atoms with Crippen molar-refractivity contribution in [1.82, 2.24) is 10.3 Å². The molecule has 1 aliphatic heterocycles. The summed E-state index contributed by atoms with van der Waals surface area (Å²) < 4.78 is 0. The molecule has 1 aliphatic rings. The molecule has 0 amide bonds. The Morgan fingerprint density at radius 1 is 1.58 bits per heavy atom. The van der Waals surface area contributed by atoms with Gasteiger partial charge in [0.15, 0.2) is 0 Å². The van der Waals surface area contributed by atoms with Crippen molar-refractivity contribution >= 4 is 0 Å². The average Bonchev–Trinajstić information content (AvgIpc) is 2.57. The number of aryl methyl sites for hydroxylation is 1. The zero-order valence-corrected chi connectivity index (χ0v) is 7.38. The third-order valence-electron chi connectivity index (χ3n) is 2.44. The number of nitrogens with zero attached hydrogens (tertiary/aromatic N) is 1. The molecule has 0 aromatic carbocycles. The predicted molar refractivity (Wildman–Crippen MR) is 49.0 cm³/mol. The van der Waals surface area contributed by atoms with Gasteiger partial charge in [-0.05, 0) is 37.9 Å².